The van der Waals surface area contributed by atoms with Crippen molar-refractivity contribution in [2.24, 2.45) is 0 Å². The molecule has 0 radical (unpaired) electrons. The summed E-state index contributed by atoms with van der Waals surface area (Å²) >= 11 is 0. The Morgan fingerprint density at radius 1 is 1.19 bits per heavy atom. The van der Waals surface area contributed by atoms with Gasteiger partial charge in [0.15, 0.2) is 0 Å². The number of aromatic amines is 1. The molecule has 0 aliphatic heterocycles. The van der Waals surface area contributed by atoms with E-state index in [4.69, 9.17) is 0 Å². The molecule has 21 heavy (non-hydrogen) atoms. The molecule has 1 fully saturated rings. The quantitative estimate of drug-likeness (QED) is 0.808. The number of hydrogen-bond donors (Lipinski definition) is 3. The SMILES string of the molecule is O=C(NC1CCC(O)CC1)c1cc(-c2ccccc2)n[nH]1. The third-order valence-electron chi connectivity index (χ3n) is 3.92. The van der Waals surface area contributed by atoms with Crippen LogP contribution in [0.2, 0.25) is 0 Å². The Balaban J connectivity index is 1.64. The maximum Gasteiger partial charge on any atom is 0.269 e. The first-order valence-corrected chi connectivity index (χ1v) is 7.32. The first-order chi connectivity index (χ1) is 10.2. The van der Waals surface area contributed by atoms with Gasteiger partial charge in [-0.25, -0.2) is 0 Å². The second-order valence-corrected chi connectivity index (χ2v) is 5.51. The maximum atomic E-state index is 12.2. The van der Waals surface area contributed by atoms with Crippen LogP contribution in [-0.4, -0.2) is 33.4 Å². The third kappa shape index (κ3) is 3.31. The fraction of sp³-hybridized carbons (Fsp3) is 0.375. The molecule has 1 heterocycles. The molecule has 0 atom stereocenters. The zero-order chi connectivity index (χ0) is 14.7. The van der Waals surface area contributed by atoms with E-state index < -0.39 is 0 Å². The van der Waals surface area contributed by atoms with Crippen molar-refractivity contribution in [3.05, 3.63) is 42.1 Å². The molecule has 5 nitrogen and oxygen atoms in total. The van der Waals surface area contributed by atoms with Gasteiger partial charge in [0.1, 0.15) is 5.69 Å². The van der Waals surface area contributed by atoms with E-state index in [1.54, 1.807) is 6.07 Å². The normalized spacial score (nSPS) is 22.0. The zero-order valence-electron chi connectivity index (χ0n) is 11.7. The third-order valence-corrected chi connectivity index (χ3v) is 3.92. The van der Waals surface area contributed by atoms with Gasteiger partial charge in [0.05, 0.1) is 11.8 Å². The van der Waals surface area contributed by atoms with E-state index in [2.05, 4.69) is 15.5 Å². The highest BCUT2D eigenvalue weighted by atomic mass is 16.3. The van der Waals surface area contributed by atoms with Crippen LogP contribution in [0.4, 0.5) is 0 Å². The predicted octanol–water partition coefficient (Wildman–Crippen LogP) is 2.11. The summed E-state index contributed by atoms with van der Waals surface area (Å²) in [6.45, 7) is 0. The second kappa shape index (κ2) is 6.10. The lowest BCUT2D eigenvalue weighted by Crippen LogP contribution is -2.38. The van der Waals surface area contributed by atoms with E-state index in [1.807, 2.05) is 30.3 Å². The summed E-state index contributed by atoms with van der Waals surface area (Å²) in [5.41, 5.74) is 2.22. The van der Waals surface area contributed by atoms with Gasteiger partial charge in [-0.15, -0.1) is 0 Å². The van der Waals surface area contributed by atoms with Crippen molar-refractivity contribution < 1.29 is 9.90 Å². The molecule has 0 saturated heterocycles. The van der Waals surface area contributed by atoms with Crippen LogP contribution < -0.4 is 5.32 Å². The number of rotatable bonds is 3. The number of amides is 1. The van der Waals surface area contributed by atoms with Crippen molar-refractivity contribution in [1.82, 2.24) is 15.5 Å². The first kappa shape index (κ1) is 13.8. The van der Waals surface area contributed by atoms with Crippen molar-refractivity contribution in [1.29, 1.82) is 0 Å². The number of hydrogen-bond acceptors (Lipinski definition) is 3. The number of nitrogens with one attached hydrogen (secondary N) is 2. The molecule has 5 heteroatoms. The average Bonchev–Trinajstić information content (AvgIpc) is 3.00. The summed E-state index contributed by atoms with van der Waals surface area (Å²) in [5.74, 6) is -0.133. The van der Waals surface area contributed by atoms with E-state index >= 15 is 0 Å². The fourth-order valence-corrected chi connectivity index (χ4v) is 2.68. The minimum atomic E-state index is -0.213. The topological polar surface area (TPSA) is 78.0 Å². The number of benzene rings is 1. The van der Waals surface area contributed by atoms with Crippen LogP contribution in [0.15, 0.2) is 36.4 Å². The fourth-order valence-electron chi connectivity index (χ4n) is 2.68. The highest BCUT2D eigenvalue weighted by molar-refractivity contribution is 5.93. The lowest BCUT2D eigenvalue weighted by molar-refractivity contribution is 0.0863. The first-order valence-electron chi connectivity index (χ1n) is 7.32. The van der Waals surface area contributed by atoms with Gasteiger partial charge in [-0.1, -0.05) is 30.3 Å². The number of nitrogens with zero attached hydrogens (tertiary/aromatic N) is 1. The molecule has 1 aliphatic rings. The molecule has 1 aromatic heterocycles. The van der Waals surface area contributed by atoms with Gasteiger partial charge in [0.25, 0.3) is 5.91 Å². The van der Waals surface area contributed by atoms with Crippen LogP contribution in [-0.2, 0) is 0 Å². The molecule has 3 N–H and O–H groups in total. The lowest BCUT2D eigenvalue weighted by atomic mass is 9.93. The molecule has 0 bridgehead atoms. The molecule has 0 unspecified atom stereocenters. The van der Waals surface area contributed by atoms with E-state index in [0.717, 1.165) is 36.9 Å². The van der Waals surface area contributed by atoms with Gasteiger partial charge < -0.3 is 10.4 Å². The highest BCUT2D eigenvalue weighted by Gasteiger charge is 2.22. The van der Waals surface area contributed by atoms with Crippen molar-refractivity contribution in [2.75, 3.05) is 0 Å². The highest BCUT2D eigenvalue weighted by Crippen LogP contribution is 2.20. The van der Waals surface area contributed by atoms with E-state index in [0.29, 0.717) is 5.69 Å². The van der Waals surface area contributed by atoms with Gasteiger partial charge in [-0.05, 0) is 31.7 Å². The standard InChI is InChI=1S/C16H19N3O2/c20-13-8-6-12(7-9-13)17-16(21)15-10-14(18-19-15)11-4-2-1-3-5-11/h1-5,10,12-13,20H,6-9H2,(H,17,21)(H,18,19). The second-order valence-electron chi connectivity index (χ2n) is 5.51. The number of aliphatic hydroxyl groups excluding tert-OH is 1. The summed E-state index contributed by atoms with van der Waals surface area (Å²) in [5, 5.41) is 19.5. The van der Waals surface area contributed by atoms with Crippen LogP contribution >= 0.6 is 0 Å². The summed E-state index contributed by atoms with van der Waals surface area (Å²) < 4.78 is 0. The van der Waals surface area contributed by atoms with Gasteiger partial charge in [-0.3, -0.25) is 9.89 Å². The Hall–Kier alpha value is -2.14. The van der Waals surface area contributed by atoms with Gasteiger partial charge >= 0.3 is 0 Å². The Kier molecular flexibility index (Phi) is 4.01. The Morgan fingerprint density at radius 2 is 1.90 bits per heavy atom. The van der Waals surface area contributed by atoms with Crippen LogP contribution in [0.5, 0.6) is 0 Å². The molecule has 1 saturated carbocycles. The molecule has 3 rings (SSSR count). The van der Waals surface area contributed by atoms with Crippen molar-refractivity contribution in [2.45, 2.75) is 37.8 Å². The Bertz CT molecular complexity index is 601. The number of carbonyl (C=O) groups excluding carboxylic acids is 1. The zero-order valence-corrected chi connectivity index (χ0v) is 11.7. The van der Waals surface area contributed by atoms with E-state index in [9.17, 15) is 9.90 Å². The molecule has 1 aromatic carbocycles. The number of aromatic nitrogens is 2. The summed E-state index contributed by atoms with van der Waals surface area (Å²) in [4.78, 5) is 12.2. The lowest BCUT2D eigenvalue weighted by Gasteiger charge is -2.25. The van der Waals surface area contributed by atoms with Crippen LogP contribution in [0, 0.1) is 0 Å². The Morgan fingerprint density at radius 3 is 2.62 bits per heavy atom. The average molecular weight is 285 g/mol. The van der Waals surface area contributed by atoms with Crippen molar-refractivity contribution in [3.63, 3.8) is 0 Å². The molecule has 1 amide bonds. The van der Waals surface area contributed by atoms with Gasteiger partial charge in [-0.2, -0.15) is 5.10 Å². The summed E-state index contributed by atoms with van der Waals surface area (Å²) in [6, 6.07) is 11.7. The van der Waals surface area contributed by atoms with Crippen molar-refractivity contribution in [3.8, 4) is 11.3 Å². The van der Waals surface area contributed by atoms with Gasteiger partial charge in [0.2, 0.25) is 0 Å². The Labute approximate surface area is 123 Å². The molecular formula is C16H19N3O2. The number of H-pyrrole nitrogens is 1. The monoisotopic (exact) mass is 285 g/mol. The summed E-state index contributed by atoms with van der Waals surface area (Å²) in [7, 11) is 0. The van der Waals surface area contributed by atoms with Crippen LogP contribution in [0.1, 0.15) is 36.2 Å². The van der Waals surface area contributed by atoms with E-state index in [-0.39, 0.29) is 18.1 Å². The van der Waals surface area contributed by atoms with Crippen LogP contribution in [0.3, 0.4) is 0 Å². The largest absolute Gasteiger partial charge is 0.393 e. The molecule has 1 aliphatic carbocycles. The number of aliphatic hydroxyl groups is 1. The van der Waals surface area contributed by atoms with E-state index in [1.165, 1.54) is 0 Å². The van der Waals surface area contributed by atoms with Gasteiger partial charge in [0, 0.05) is 11.6 Å². The minimum Gasteiger partial charge on any atom is -0.393 e. The molecular weight excluding hydrogens is 266 g/mol. The minimum absolute atomic E-state index is 0.133. The predicted molar refractivity (Wildman–Crippen MR) is 79.8 cm³/mol. The number of carbonyl (C=O) groups is 1. The smallest absolute Gasteiger partial charge is 0.269 e. The van der Waals surface area contributed by atoms with Crippen LogP contribution in [0.25, 0.3) is 11.3 Å². The summed E-state index contributed by atoms with van der Waals surface area (Å²) in [6.07, 6.45) is 2.95. The maximum absolute atomic E-state index is 12.2. The molecule has 2 aromatic rings. The van der Waals surface area contributed by atoms with Crippen molar-refractivity contribution >= 4 is 5.91 Å². The molecule has 110 valence electrons. The molecule has 0 spiro atoms.